The smallest absolute Gasteiger partial charge is 0.0902 e. The van der Waals surface area contributed by atoms with Crippen LogP contribution in [-0.2, 0) is 4.74 Å². The third kappa shape index (κ3) is 4.42. The summed E-state index contributed by atoms with van der Waals surface area (Å²) in [5.41, 5.74) is 0. The van der Waals surface area contributed by atoms with Gasteiger partial charge in [-0.15, -0.1) is 0 Å². The zero-order valence-corrected chi connectivity index (χ0v) is 7.48. The minimum atomic E-state index is 0.676. The van der Waals surface area contributed by atoms with Crippen molar-refractivity contribution >= 4 is 0 Å². The Bertz CT molecular complexity index is 105. The van der Waals surface area contributed by atoms with Gasteiger partial charge in [-0.05, 0) is 19.8 Å². The van der Waals surface area contributed by atoms with Crippen LogP contribution in [0.15, 0.2) is 11.8 Å². The molecule has 0 radical (unpaired) electrons. The summed E-state index contributed by atoms with van der Waals surface area (Å²) in [6.07, 6.45) is 3.18. The Labute approximate surface area is 64.1 Å². The van der Waals surface area contributed by atoms with Crippen molar-refractivity contribution < 1.29 is 4.74 Å². The van der Waals surface area contributed by atoms with Crippen molar-refractivity contribution in [3.05, 3.63) is 11.8 Å². The molecule has 10 heavy (non-hydrogen) atoms. The predicted octanol–water partition coefficient (Wildman–Crippen LogP) is 2.97. The molecule has 0 aliphatic rings. The molecule has 60 valence electrons. The Kier molecular flexibility index (Phi) is 5.09. The van der Waals surface area contributed by atoms with E-state index in [1.807, 2.05) is 19.9 Å². The molecule has 0 aliphatic heterocycles. The summed E-state index contributed by atoms with van der Waals surface area (Å²) in [6, 6.07) is 0. The van der Waals surface area contributed by atoms with Crippen LogP contribution < -0.4 is 0 Å². The van der Waals surface area contributed by atoms with Crippen LogP contribution in [0.1, 0.15) is 34.1 Å². The molecule has 0 aromatic carbocycles. The van der Waals surface area contributed by atoms with E-state index in [0.717, 1.165) is 12.4 Å². The first-order chi connectivity index (χ1) is 4.70. The molecule has 0 spiro atoms. The lowest BCUT2D eigenvalue weighted by Crippen LogP contribution is -2.02. The number of hydrogen-bond donors (Lipinski definition) is 0. The second-order valence-electron chi connectivity index (χ2n) is 2.72. The summed E-state index contributed by atoms with van der Waals surface area (Å²) in [4.78, 5) is 0. The standard InChI is InChI=1S/C9H18O/c1-5-8(3)7-10-9(4)6-2/h6,8H,5,7H2,1-4H3. The molecule has 0 N–H and O–H groups in total. The highest BCUT2D eigenvalue weighted by Crippen LogP contribution is 2.04. The molecule has 0 rings (SSSR count). The molecule has 0 aromatic heterocycles. The van der Waals surface area contributed by atoms with Gasteiger partial charge in [-0.1, -0.05) is 26.3 Å². The van der Waals surface area contributed by atoms with E-state index in [9.17, 15) is 0 Å². The molecule has 1 atom stereocenters. The van der Waals surface area contributed by atoms with Crippen molar-refractivity contribution in [2.75, 3.05) is 6.61 Å². The maximum Gasteiger partial charge on any atom is 0.0902 e. The van der Waals surface area contributed by atoms with Gasteiger partial charge in [0.1, 0.15) is 0 Å². The lowest BCUT2D eigenvalue weighted by Gasteiger charge is -2.10. The third-order valence-corrected chi connectivity index (χ3v) is 1.70. The first-order valence-electron chi connectivity index (χ1n) is 3.96. The van der Waals surface area contributed by atoms with E-state index in [2.05, 4.69) is 13.8 Å². The molecule has 0 saturated carbocycles. The SMILES string of the molecule is CC=C(C)OCC(C)CC. The molecular weight excluding hydrogens is 124 g/mol. The maximum absolute atomic E-state index is 5.40. The van der Waals surface area contributed by atoms with Crippen LogP contribution >= 0.6 is 0 Å². The lowest BCUT2D eigenvalue weighted by molar-refractivity contribution is 0.171. The van der Waals surface area contributed by atoms with Crippen LogP contribution in [0.5, 0.6) is 0 Å². The van der Waals surface area contributed by atoms with E-state index in [4.69, 9.17) is 4.74 Å². The van der Waals surface area contributed by atoms with Crippen LogP contribution in [0.4, 0.5) is 0 Å². The molecule has 0 fully saturated rings. The quantitative estimate of drug-likeness (QED) is 0.548. The van der Waals surface area contributed by atoms with Crippen molar-refractivity contribution in [3.63, 3.8) is 0 Å². The van der Waals surface area contributed by atoms with E-state index < -0.39 is 0 Å². The van der Waals surface area contributed by atoms with Crippen molar-refractivity contribution in [1.82, 2.24) is 0 Å². The summed E-state index contributed by atoms with van der Waals surface area (Å²) in [6.45, 7) is 9.21. The van der Waals surface area contributed by atoms with Gasteiger partial charge in [0.2, 0.25) is 0 Å². The molecule has 0 amide bonds. The Morgan fingerprint density at radius 2 is 2.20 bits per heavy atom. The zero-order valence-electron chi connectivity index (χ0n) is 7.48. The molecule has 0 aliphatic carbocycles. The van der Waals surface area contributed by atoms with Crippen molar-refractivity contribution in [2.24, 2.45) is 5.92 Å². The number of allylic oxidation sites excluding steroid dienone is 2. The van der Waals surface area contributed by atoms with Crippen LogP contribution in [-0.4, -0.2) is 6.61 Å². The molecule has 0 heterocycles. The van der Waals surface area contributed by atoms with Gasteiger partial charge in [0, 0.05) is 0 Å². The molecule has 0 saturated heterocycles. The first-order valence-corrected chi connectivity index (χ1v) is 3.96. The topological polar surface area (TPSA) is 9.23 Å². The molecule has 1 heteroatoms. The Hall–Kier alpha value is -0.460. The predicted molar refractivity (Wildman–Crippen MR) is 44.8 cm³/mol. The van der Waals surface area contributed by atoms with Crippen molar-refractivity contribution in [2.45, 2.75) is 34.1 Å². The zero-order chi connectivity index (χ0) is 7.98. The average molecular weight is 142 g/mol. The highest BCUT2D eigenvalue weighted by Gasteiger charge is 1.97. The van der Waals surface area contributed by atoms with E-state index in [1.165, 1.54) is 6.42 Å². The van der Waals surface area contributed by atoms with Gasteiger partial charge in [0.25, 0.3) is 0 Å². The second kappa shape index (κ2) is 5.33. The highest BCUT2D eigenvalue weighted by atomic mass is 16.5. The van der Waals surface area contributed by atoms with E-state index in [-0.39, 0.29) is 0 Å². The Balaban J connectivity index is 3.35. The second-order valence-corrected chi connectivity index (χ2v) is 2.72. The van der Waals surface area contributed by atoms with Gasteiger partial charge in [-0.2, -0.15) is 0 Å². The summed E-state index contributed by atoms with van der Waals surface area (Å²) >= 11 is 0. The Morgan fingerprint density at radius 1 is 1.60 bits per heavy atom. The van der Waals surface area contributed by atoms with Crippen molar-refractivity contribution in [1.29, 1.82) is 0 Å². The fraction of sp³-hybridized carbons (Fsp3) is 0.778. The molecule has 0 bridgehead atoms. The number of ether oxygens (including phenoxy) is 1. The number of hydrogen-bond acceptors (Lipinski definition) is 1. The fourth-order valence-corrected chi connectivity index (χ4v) is 0.475. The monoisotopic (exact) mass is 142 g/mol. The minimum Gasteiger partial charge on any atom is -0.498 e. The van der Waals surface area contributed by atoms with Gasteiger partial charge in [0.05, 0.1) is 12.4 Å². The summed E-state index contributed by atoms with van der Waals surface area (Å²) in [5, 5.41) is 0. The minimum absolute atomic E-state index is 0.676. The molecule has 1 nitrogen and oxygen atoms in total. The van der Waals surface area contributed by atoms with Crippen LogP contribution in [0.3, 0.4) is 0 Å². The van der Waals surface area contributed by atoms with Crippen molar-refractivity contribution in [3.8, 4) is 0 Å². The largest absolute Gasteiger partial charge is 0.498 e. The summed E-state index contributed by atoms with van der Waals surface area (Å²) < 4.78 is 5.40. The molecule has 1 unspecified atom stereocenters. The van der Waals surface area contributed by atoms with Crippen LogP contribution in [0, 0.1) is 5.92 Å². The number of rotatable bonds is 4. The van der Waals surface area contributed by atoms with Gasteiger partial charge < -0.3 is 4.74 Å². The third-order valence-electron chi connectivity index (χ3n) is 1.70. The van der Waals surface area contributed by atoms with E-state index in [1.54, 1.807) is 0 Å². The normalized spacial score (nSPS) is 15.0. The van der Waals surface area contributed by atoms with Gasteiger partial charge >= 0.3 is 0 Å². The molecule has 0 aromatic rings. The maximum atomic E-state index is 5.40. The van der Waals surface area contributed by atoms with E-state index >= 15 is 0 Å². The lowest BCUT2D eigenvalue weighted by atomic mass is 10.1. The Morgan fingerprint density at radius 3 is 2.60 bits per heavy atom. The van der Waals surface area contributed by atoms with Gasteiger partial charge in [-0.3, -0.25) is 0 Å². The summed E-state index contributed by atoms with van der Waals surface area (Å²) in [7, 11) is 0. The average Bonchev–Trinajstić information content (AvgIpc) is 1.99. The van der Waals surface area contributed by atoms with Crippen LogP contribution in [0.2, 0.25) is 0 Å². The summed E-state index contributed by atoms with van der Waals surface area (Å²) in [5.74, 6) is 1.70. The fourth-order valence-electron chi connectivity index (χ4n) is 0.475. The van der Waals surface area contributed by atoms with E-state index in [0.29, 0.717) is 5.92 Å². The van der Waals surface area contributed by atoms with Crippen LogP contribution in [0.25, 0.3) is 0 Å². The molecular formula is C9H18O. The first kappa shape index (κ1) is 9.54. The highest BCUT2D eigenvalue weighted by molar-refractivity contribution is 4.84. The van der Waals surface area contributed by atoms with Gasteiger partial charge in [-0.25, -0.2) is 0 Å². The van der Waals surface area contributed by atoms with Gasteiger partial charge in [0.15, 0.2) is 0 Å².